The molecular formula is C21H28FNO4. The molecular weight excluding hydrogens is 349 g/mol. The second-order valence-electron chi connectivity index (χ2n) is 8.73. The van der Waals surface area contributed by atoms with E-state index in [1.165, 1.54) is 4.90 Å². The Bertz CT molecular complexity index is 697. The average Bonchev–Trinajstić information content (AvgIpc) is 2.98. The van der Waals surface area contributed by atoms with Crippen LogP contribution >= 0.6 is 0 Å². The van der Waals surface area contributed by atoms with Crippen LogP contribution in [0.3, 0.4) is 0 Å². The second-order valence-corrected chi connectivity index (χ2v) is 8.73. The molecule has 0 radical (unpaired) electrons. The van der Waals surface area contributed by atoms with Crippen LogP contribution in [0.2, 0.25) is 0 Å². The molecule has 3 rings (SSSR count). The van der Waals surface area contributed by atoms with Crippen LogP contribution in [0, 0.1) is 5.92 Å². The fourth-order valence-corrected chi connectivity index (χ4v) is 3.90. The molecule has 1 amide bonds. The number of amides is 1. The summed E-state index contributed by atoms with van der Waals surface area (Å²) in [6, 6.07) is 7.08. The van der Waals surface area contributed by atoms with Gasteiger partial charge in [0, 0.05) is 12.5 Å². The van der Waals surface area contributed by atoms with E-state index in [2.05, 4.69) is 0 Å². The van der Waals surface area contributed by atoms with Gasteiger partial charge < -0.3 is 9.84 Å². The van der Waals surface area contributed by atoms with E-state index in [0.29, 0.717) is 25.8 Å². The molecule has 1 saturated heterocycles. The molecule has 0 spiro atoms. The molecule has 2 fully saturated rings. The molecule has 5 nitrogen and oxygen atoms in total. The van der Waals surface area contributed by atoms with Gasteiger partial charge in [-0.1, -0.05) is 24.3 Å². The van der Waals surface area contributed by atoms with Crippen LogP contribution in [0.25, 0.3) is 0 Å². The number of nitrogens with zero attached hydrogens (tertiary/aromatic N) is 1. The lowest BCUT2D eigenvalue weighted by Gasteiger charge is -2.30. The van der Waals surface area contributed by atoms with Crippen LogP contribution in [-0.2, 0) is 16.0 Å². The fourth-order valence-electron chi connectivity index (χ4n) is 3.90. The largest absolute Gasteiger partial charge is 0.480 e. The number of rotatable bonds is 4. The van der Waals surface area contributed by atoms with E-state index in [1.807, 2.05) is 24.3 Å². The Hall–Kier alpha value is -2.11. The summed E-state index contributed by atoms with van der Waals surface area (Å²) in [7, 11) is 0. The number of halogens is 1. The maximum Gasteiger partial charge on any atom is 0.411 e. The summed E-state index contributed by atoms with van der Waals surface area (Å²) in [6.45, 7) is 5.66. The minimum Gasteiger partial charge on any atom is -0.480 e. The first-order valence-corrected chi connectivity index (χ1v) is 9.59. The first kappa shape index (κ1) is 19.6. The number of carbonyl (C=O) groups is 2. The molecule has 1 aliphatic carbocycles. The summed E-state index contributed by atoms with van der Waals surface area (Å²) in [5.41, 5.74) is 1.44. The highest BCUT2D eigenvalue weighted by Gasteiger charge is 2.41. The van der Waals surface area contributed by atoms with Crippen LogP contribution in [0.1, 0.15) is 57.1 Å². The Labute approximate surface area is 159 Å². The number of aliphatic carboxylic acids is 1. The van der Waals surface area contributed by atoms with Gasteiger partial charge in [-0.15, -0.1) is 0 Å². The van der Waals surface area contributed by atoms with Gasteiger partial charge in [0.05, 0.1) is 0 Å². The number of carboxylic acid groups (broad SMARTS) is 1. The summed E-state index contributed by atoms with van der Waals surface area (Å²) < 4.78 is 18.9. The van der Waals surface area contributed by atoms with Gasteiger partial charge in [-0.05, 0) is 63.5 Å². The van der Waals surface area contributed by atoms with Gasteiger partial charge in [0.25, 0.3) is 0 Å². The molecule has 1 heterocycles. The molecule has 148 valence electrons. The lowest BCUT2D eigenvalue weighted by molar-refractivity contribution is -0.142. The third kappa shape index (κ3) is 4.60. The minimum atomic E-state index is -1.00. The average molecular weight is 377 g/mol. The molecule has 2 unspecified atom stereocenters. The molecule has 1 aliphatic heterocycles. The summed E-state index contributed by atoms with van der Waals surface area (Å²) in [4.78, 5) is 25.3. The molecule has 1 aromatic carbocycles. The molecule has 1 N–H and O–H groups in total. The van der Waals surface area contributed by atoms with Gasteiger partial charge in [-0.3, -0.25) is 4.90 Å². The molecule has 0 aromatic heterocycles. The Morgan fingerprint density at radius 2 is 1.89 bits per heavy atom. The van der Waals surface area contributed by atoms with Crippen LogP contribution in [0.5, 0.6) is 0 Å². The van der Waals surface area contributed by atoms with Gasteiger partial charge in [0.15, 0.2) is 0 Å². The van der Waals surface area contributed by atoms with Crippen LogP contribution in [0.15, 0.2) is 24.3 Å². The predicted octanol–water partition coefficient (Wildman–Crippen LogP) is 4.15. The Kier molecular flexibility index (Phi) is 5.45. The zero-order chi connectivity index (χ0) is 19.8. The van der Waals surface area contributed by atoms with Crippen molar-refractivity contribution >= 4 is 12.1 Å². The monoisotopic (exact) mass is 377 g/mol. The van der Waals surface area contributed by atoms with Crippen molar-refractivity contribution in [3.63, 3.8) is 0 Å². The van der Waals surface area contributed by atoms with Crippen molar-refractivity contribution in [2.24, 2.45) is 5.92 Å². The zero-order valence-electron chi connectivity index (χ0n) is 16.2. The number of hydrogen-bond donors (Lipinski definition) is 1. The lowest BCUT2D eigenvalue weighted by Crippen LogP contribution is -2.43. The van der Waals surface area contributed by atoms with Crippen molar-refractivity contribution in [3.05, 3.63) is 35.4 Å². The third-order valence-electron chi connectivity index (χ3n) is 5.42. The summed E-state index contributed by atoms with van der Waals surface area (Å²) in [5.74, 6) is -0.927. The fraction of sp³-hybridized carbons (Fsp3) is 0.619. The highest BCUT2D eigenvalue weighted by Crippen LogP contribution is 2.39. The Morgan fingerprint density at radius 3 is 2.37 bits per heavy atom. The van der Waals surface area contributed by atoms with Crippen LogP contribution in [-0.4, -0.2) is 46.4 Å². The smallest absolute Gasteiger partial charge is 0.411 e. The number of hydrogen-bond acceptors (Lipinski definition) is 3. The number of likely N-dealkylation sites (tertiary alicyclic amines) is 1. The van der Waals surface area contributed by atoms with Crippen LogP contribution in [0.4, 0.5) is 9.18 Å². The van der Waals surface area contributed by atoms with Gasteiger partial charge in [-0.2, -0.15) is 0 Å². The SMILES string of the molecule is CC(C)(C)OC(=O)N1C[C@H](Cc2ccc(C3CCC3F)cc2)C[C@H]1C(=O)O. The van der Waals surface area contributed by atoms with E-state index in [9.17, 15) is 19.1 Å². The first-order valence-electron chi connectivity index (χ1n) is 9.59. The van der Waals surface area contributed by atoms with E-state index in [1.54, 1.807) is 20.8 Å². The molecule has 27 heavy (non-hydrogen) atoms. The summed E-state index contributed by atoms with van der Waals surface area (Å²) in [6.07, 6.45) is 1.33. The maximum absolute atomic E-state index is 13.5. The highest BCUT2D eigenvalue weighted by atomic mass is 19.1. The molecule has 1 saturated carbocycles. The number of ether oxygens (including phenoxy) is 1. The summed E-state index contributed by atoms with van der Waals surface area (Å²) >= 11 is 0. The molecule has 1 aromatic rings. The Balaban J connectivity index is 1.63. The standard InChI is InChI=1S/C21H28FNO4/c1-21(2,3)27-20(26)23-12-14(11-18(23)19(24)25)10-13-4-6-15(7-5-13)16-8-9-17(16)22/h4-7,14,16-18H,8-12H2,1-3H3,(H,24,25)/t14-,16?,17?,18+/m1/s1. The predicted molar refractivity (Wildman–Crippen MR) is 99.5 cm³/mol. The number of benzene rings is 1. The van der Waals surface area contributed by atoms with Crippen molar-refractivity contribution in [1.82, 2.24) is 4.90 Å². The number of alkyl halides is 1. The van der Waals surface area contributed by atoms with Gasteiger partial charge in [0.1, 0.15) is 17.8 Å². The molecule has 4 atom stereocenters. The summed E-state index contributed by atoms with van der Waals surface area (Å²) in [5, 5.41) is 9.49. The first-order chi connectivity index (χ1) is 12.6. The minimum absolute atomic E-state index is 0.0181. The van der Waals surface area contributed by atoms with E-state index < -0.39 is 29.9 Å². The second kappa shape index (κ2) is 7.49. The van der Waals surface area contributed by atoms with Crippen molar-refractivity contribution < 1.29 is 23.8 Å². The lowest BCUT2D eigenvalue weighted by atomic mass is 9.78. The molecule has 6 heteroatoms. The zero-order valence-corrected chi connectivity index (χ0v) is 16.2. The van der Waals surface area contributed by atoms with Crippen molar-refractivity contribution in [2.45, 2.75) is 70.2 Å². The normalized spacial score (nSPS) is 27.9. The van der Waals surface area contributed by atoms with Crippen molar-refractivity contribution in [1.29, 1.82) is 0 Å². The van der Waals surface area contributed by atoms with E-state index in [0.717, 1.165) is 17.5 Å². The van der Waals surface area contributed by atoms with Crippen LogP contribution < -0.4 is 0 Å². The number of carbonyl (C=O) groups excluding carboxylic acids is 1. The van der Waals surface area contributed by atoms with Gasteiger partial charge in [0.2, 0.25) is 0 Å². The van der Waals surface area contributed by atoms with Crippen molar-refractivity contribution in [2.75, 3.05) is 6.54 Å². The maximum atomic E-state index is 13.5. The van der Waals surface area contributed by atoms with E-state index in [-0.39, 0.29) is 11.8 Å². The van der Waals surface area contributed by atoms with E-state index in [4.69, 9.17) is 4.74 Å². The quantitative estimate of drug-likeness (QED) is 0.856. The third-order valence-corrected chi connectivity index (χ3v) is 5.42. The van der Waals surface area contributed by atoms with Crippen molar-refractivity contribution in [3.8, 4) is 0 Å². The van der Waals surface area contributed by atoms with Gasteiger partial charge >= 0.3 is 12.1 Å². The Morgan fingerprint density at radius 1 is 1.22 bits per heavy atom. The van der Waals surface area contributed by atoms with E-state index >= 15 is 0 Å². The van der Waals surface area contributed by atoms with Gasteiger partial charge in [-0.25, -0.2) is 14.0 Å². The molecule has 0 bridgehead atoms. The highest BCUT2D eigenvalue weighted by molar-refractivity contribution is 5.81. The molecule has 2 aliphatic rings. The number of carboxylic acids is 1. The topological polar surface area (TPSA) is 66.8 Å².